The van der Waals surface area contributed by atoms with Crippen molar-refractivity contribution in [3.05, 3.63) is 33.6 Å². The molecule has 0 aromatic carbocycles. The average Bonchev–Trinajstić information content (AvgIpc) is 2.85. The summed E-state index contributed by atoms with van der Waals surface area (Å²) in [5.41, 5.74) is 0.865. The van der Waals surface area contributed by atoms with Gasteiger partial charge in [-0.3, -0.25) is 0 Å². The highest BCUT2D eigenvalue weighted by Crippen LogP contribution is 2.26. The first-order chi connectivity index (χ1) is 8.22. The van der Waals surface area contributed by atoms with E-state index in [0.717, 1.165) is 22.8 Å². The van der Waals surface area contributed by atoms with Gasteiger partial charge in [-0.2, -0.15) is 0 Å². The molecule has 2 aromatic rings. The fraction of sp³-hybridized carbons (Fsp3) is 0.364. The summed E-state index contributed by atoms with van der Waals surface area (Å²) < 4.78 is 0. The van der Waals surface area contributed by atoms with Gasteiger partial charge in [-0.15, -0.1) is 11.3 Å². The van der Waals surface area contributed by atoms with Crippen molar-refractivity contribution in [3.63, 3.8) is 0 Å². The van der Waals surface area contributed by atoms with Crippen LogP contribution in [-0.2, 0) is 0 Å². The predicted octanol–water partition coefficient (Wildman–Crippen LogP) is 3.46. The van der Waals surface area contributed by atoms with Gasteiger partial charge < -0.3 is 5.32 Å². The second-order valence-electron chi connectivity index (χ2n) is 3.61. The van der Waals surface area contributed by atoms with Crippen molar-refractivity contribution in [2.45, 2.75) is 26.3 Å². The Morgan fingerprint density at radius 2 is 2.24 bits per heavy atom. The lowest BCUT2D eigenvalue weighted by Gasteiger charge is -2.16. The number of rotatable bonds is 4. The Kier molecular flexibility index (Phi) is 3.91. The summed E-state index contributed by atoms with van der Waals surface area (Å²) in [5.74, 6) is 0.770. The minimum Gasteiger partial charge on any atom is -0.360 e. The Balaban J connectivity index is 2.22. The van der Waals surface area contributed by atoms with Gasteiger partial charge in [0.2, 0.25) is 0 Å². The maximum absolute atomic E-state index is 5.96. The summed E-state index contributed by atoms with van der Waals surface area (Å²) in [6.07, 6.45) is 4.21. The molecule has 0 aliphatic heterocycles. The number of halogens is 1. The van der Waals surface area contributed by atoms with Crippen LogP contribution >= 0.6 is 22.9 Å². The van der Waals surface area contributed by atoms with Crippen molar-refractivity contribution < 1.29 is 0 Å². The van der Waals surface area contributed by atoms with Crippen LogP contribution in [0.5, 0.6) is 0 Å². The molecule has 0 aliphatic rings. The first kappa shape index (κ1) is 12.3. The average molecular weight is 269 g/mol. The number of hydrogen-bond donors (Lipinski definition) is 1. The van der Waals surface area contributed by atoms with Crippen LogP contribution in [0, 0.1) is 6.92 Å². The number of nitrogens with zero attached hydrogens (tertiary/aromatic N) is 3. The summed E-state index contributed by atoms with van der Waals surface area (Å²) >= 11 is 7.60. The van der Waals surface area contributed by atoms with Crippen LogP contribution < -0.4 is 5.32 Å². The van der Waals surface area contributed by atoms with Crippen molar-refractivity contribution in [3.8, 4) is 0 Å². The zero-order valence-corrected chi connectivity index (χ0v) is 11.2. The Morgan fingerprint density at radius 3 is 2.88 bits per heavy atom. The van der Waals surface area contributed by atoms with Gasteiger partial charge in [-0.05, 0) is 13.3 Å². The van der Waals surface area contributed by atoms with E-state index in [1.54, 1.807) is 11.3 Å². The van der Waals surface area contributed by atoms with Crippen molar-refractivity contribution in [2.24, 2.45) is 0 Å². The number of hydrogen-bond acceptors (Lipinski definition) is 5. The molecule has 1 N–H and O–H groups in total. The van der Waals surface area contributed by atoms with E-state index in [1.165, 1.54) is 6.33 Å². The quantitative estimate of drug-likeness (QED) is 0.863. The van der Waals surface area contributed by atoms with Gasteiger partial charge in [0.1, 0.15) is 22.3 Å². The van der Waals surface area contributed by atoms with Crippen LogP contribution in [0.1, 0.15) is 30.0 Å². The molecule has 0 radical (unpaired) electrons. The lowest BCUT2D eigenvalue weighted by molar-refractivity contribution is 0.735. The molecule has 0 spiro atoms. The van der Waals surface area contributed by atoms with Gasteiger partial charge >= 0.3 is 0 Å². The Hall–Kier alpha value is -1.20. The highest BCUT2D eigenvalue weighted by Gasteiger charge is 2.14. The van der Waals surface area contributed by atoms with Gasteiger partial charge in [0.05, 0.1) is 6.04 Å². The van der Waals surface area contributed by atoms with Gasteiger partial charge in [0.25, 0.3) is 0 Å². The van der Waals surface area contributed by atoms with Crippen molar-refractivity contribution in [1.29, 1.82) is 0 Å². The fourth-order valence-electron chi connectivity index (χ4n) is 1.48. The summed E-state index contributed by atoms with van der Waals surface area (Å²) in [6.45, 7) is 4.01. The van der Waals surface area contributed by atoms with E-state index in [4.69, 9.17) is 11.6 Å². The summed E-state index contributed by atoms with van der Waals surface area (Å²) in [6, 6.07) is 0.166. The molecule has 0 saturated carbocycles. The lowest BCUT2D eigenvalue weighted by Crippen LogP contribution is -2.11. The fourth-order valence-corrected chi connectivity index (χ4v) is 2.39. The first-order valence-electron chi connectivity index (χ1n) is 5.35. The van der Waals surface area contributed by atoms with E-state index in [-0.39, 0.29) is 6.04 Å². The minimum absolute atomic E-state index is 0.166. The number of thiazole rings is 1. The monoisotopic (exact) mass is 268 g/mol. The molecule has 2 aromatic heterocycles. The predicted molar refractivity (Wildman–Crippen MR) is 70.5 cm³/mol. The largest absolute Gasteiger partial charge is 0.360 e. The SMILES string of the molecule is CCC(Nc1ncnc(Cl)c1C)c1nccs1. The van der Waals surface area contributed by atoms with E-state index in [0.29, 0.717) is 5.15 Å². The van der Waals surface area contributed by atoms with Gasteiger partial charge in [0.15, 0.2) is 0 Å². The van der Waals surface area contributed by atoms with Crippen LogP contribution in [0.15, 0.2) is 17.9 Å². The molecule has 0 amide bonds. The zero-order valence-electron chi connectivity index (χ0n) is 9.64. The van der Waals surface area contributed by atoms with E-state index in [9.17, 15) is 0 Å². The maximum Gasteiger partial charge on any atom is 0.137 e. The second kappa shape index (κ2) is 5.42. The van der Waals surface area contributed by atoms with Crippen molar-refractivity contribution in [1.82, 2.24) is 15.0 Å². The molecule has 0 fully saturated rings. The summed E-state index contributed by atoms with van der Waals surface area (Å²) in [4.78, 5) is 12.5. The molecule has 17 heavy (non-hydrogen) atoms. The molecule has 2 rings (SSSR count). The minimum atomic E-state index is 0.166. The molecule has 0 saturated heterocycles. The smallest absolute Gasteiger partial charge is 0.137 e. The molecule has 4 nitrogen and oxygen atoms in total. The first-order valence-corrected chi connectivity index (χ1v) is 6.61. The van der Waals surface area contributed by atoms with Crippen LogP contribution in [-0.4, -0.2) is 15.0 Å². The maximum atomic E-state index is 5.96. The molecular formula is C11H13ClN4S. The number of nitrogens with one attached hydrogen (secondary N) is 1. The van der Waals surface area contributed by atoms with E-state index >= 15 is 0 Å². The Bertz CT molecular complexity index is 486. The van der Waals surface area contributed by atoms with Crippen LogP contribution in [0.3, 0.4) is 0 Å². The van der Waals surface area contributed by atoms with Gasteiger partial charge in [-0.25, -0.2) is 15.0 Å². The molecule has 90 valence electrons. The summed E-state index contributed by atoms with van der Waals surface area (Å²) in [5, 5.41) is 6.86. The molecule has 1 unspecified atom stereocenters. The highest BCUT2D eigenvalue weighted by atomic mass is 35.5. The van der Waals surface area contributed by atoms with Crippen molar-refractivity contribution in [2.75, 3.05) is 5.32 Å². The van der Waals surface area contributed by atoms with Crippen LogP contribution in [0.25, 0.3) is 0 Å². The Morgan fingerprint density at radius 1 is 1.41 bits per heavy atom. The third-order valence-electron chi connectivity index (χ3n) is 2.49. The van der Waals surface area contributed by atoms with Crippen LogP contribution in [0.2, 0.25) is 5.15 Å². The second-order valence-corrected chi connectivity index (χ2v) is 4.90. The summed E-state index contributed by atoms with van der Waals surface area (Å²) in [7, 11) is 0. The van der Waals surface area contributed by atoms with Gasteiger partial charge in [-0.1, -0.05) is 18.5 Å². The third-order valence-corrected chi connectivity index (χ3v) is 3.76. The Labute approximate surface area is 109 Å². The highest BCUT2D eigenvalue weighted by molar-refractivity contribution is 7.09. The lowest BCUT2D eigenvalue weighted by atomic mass is 10.2. The molecular weight excluding hydrogens is 256 g/mol. The number of aromatic nitrogens is 3. The topological polar surface area (TPSA) is 50.7 Å². The zero-order chi connectivity index (χ0) is 12.3. The molecule has 2 heterocycles. The normalized spacial score (nSPS) is 12.4. The van der Waals surface area contributed by atoms with E-state index < -0.39 is 0 Å². The third kappa shape index (κ3) is 2.73. The van der Waals surface area contributed by atoms with Gasteiger partial charge in [0, 0.05) is 17.1 Å². The standard InChI is InChI=1S/C11H13ClN4S/c1-3-8(11-13-4-5-17-11)16-10-7(2)9(12)14-6-15-10/h4-6,8H,3H2,1-2H3,(H,14,15,16). The molecule has 0 bridgehead atoms. The van der Waals surface area contributed by atoms with E-state index in [1.807, 2.05) is 18.5 Å². The van der Waals surface area contributed by atoms with Crippen LogP contribution in [0.4, 0.5) is 5.82 Å². The molecule has 0 aliphatic carbocycles. The molecule has 6 heteroatoms. The molecule has 1 atom stereocenters. The van der Waals surface area contributed by atoms with E-state index in [2.05, 4.69) is 27.2 Å². The number of anilines is 1. The van der Waals surface area contributed by atoms with Crippen molar-refractivity contribution >= 4 is 28.8 Å².